The standard InChI is InChI=1S/C14H18BrNO3/c1-4-7-16(9-13(17)19-3)14(18)11-6-5-10(2)12(15)8-11/h5-6,8H,4,7,9H2,1-3H3. The monoisotopic (exact) mass is 327 g/mol. The predicted octanol–water partition coefficient (Wildman–Crippen LogP) is 2.78. The number of ether oxygens (including phenoxy) is 1. The first-order valence-electron chi connectivity index (χ1n) is 6.11. The zero-order valence-electron chi connectivity index (χ0n) is 11.4. The smallest absolute Gasteiger partial charge is 0.325 e. The van der Waals surface area contributed by atoms with E-state index in [4.69, 9.17) is 0 Å². The number of nitrogens with zero attached hydrogens (tertiary/aromatic N) is 1. The van der Waals surface area contributed by atoms with Gasteiger partial charge in [0.15, 0.2) is 0 Å². The van der Waals surface area contributed by atoms with Gasteiger partial charge in [-0.3, -0.25) is 9.59 Å². The number of methoxy groups -OCH3 is 1. The summed E-state index contributed by atoms with van der Waals surface area (Å²) in [6.45, 7) is 4.42. The van der Waals surface area contributed by atoms with Gasteiger partial charge in [-0.05, 0) is 31.0 Å². The van der Waals surface area contributed by atoms with Crippen molar-refractivity contribution in [3.63, 3.8) is 0 Å². The third-order valence-corrected chi connectivity index (χ3v) is 3.60. The molecule has 19 heavy (non-hydrogen) atoms. The van der Waals surface area contributed by atoms with E-state index in [0.717, 1.165) is 16.5 Å². The largest absolute Gasteiger partial charge is 0.468 e. The van der Waals surface area contributed by atoms with Crippen LogP contribution in [-0.4, -0.2) is 37.0 Å². The Bertz CT molecular complexity index is 474. The van der Waals surface area contributed by atoms with Gasteiger partial charge in [0.25, 0.3) is 5.91 Å². The fraction of sp³-hybridized carbons (Fsp3) is 0.429. The van der Waals surface area contributed by atoms with E-state index in [2.05, 4.69) is 20.7 Å². The van der Waals surface area contributed by atoms with Gasteiger partial charge < -0.3 is 9.64 Å². The molecule has 0 fully saturated rings. The van der Waals surface area contributed by atoms with Crippen LogP contribution in [0.3, 0.4) is 0 Å². The number of halogens is 1. The second-order valence-electron chi connectivity index (χ2n) is 4.27. The Balaban J connectivity index is 2.91. The van der Waals surface area contributed by atoms with Crippen LogP contribution < -0.4 is 0 Å². The van der Waals surface area contributed by atoms with Crippen molar-refractivity contribution in [3.05, 3.63) is 33.8 Å². The Morgan fingerprint density at radius 2 is 2.05 bits per heavy atom. The predicted molar refractivity (Wildman–Crippen MR) is 77.1 cm³/mol. The minimum Gasteiger partial charge on any atom is -0.468 e. The third kappa shape index (κ3) is 4.35. The van der Waals surface area contributed by atoms with Crippen LogP contribution in [-0.2, 0) is 9.53 Å². The molecule has 0 N–H and O–H groups in total. The molecule has 1 aromatic rings. The fourth-order valence-corrected chi connectivity index (χ4v) is 2.03. The average molecular weight is 328 g/mol. The summed E-state index contributed by atoms with van der Waals surface area (Å²) in [6.07, 6.45) is 0.787. The van der Waals surface area contributed by atoms with Crippen molar-refractivity contribution in [1.82, 2.24) is 4.90 Å². The third-order valence-electron chi connectivity index (χ3n) is 2.75. The summed E-state index contributed by atoms with van der Waals surface area (Å²) in [6, 6.07) is 5.42. The minimum absolute atomic E-state index is 0.0192. The maximum absolute atomic E-state index is 12.3. The molecule has 0 atom stereocenters. The molecule has 0 radical (unpaired) electrons. The molecule has 0 unspecified atom stereocenters. The van der Waals surface area contributed by atoms with Gasteiger partial charge in [-0.15, -0.1) is 0 Å². The van der Waals surface area contributed by atoms with E-state index in [1.807, 2.05) is 19.9 Å². The van der Waals surface area contributed by atoms with E-state index in [0.29, 0.717) is 12.1 Å². The van der Waals surface area contributed by atoms with Crippen LogP contribution in [0.25, 0.3) is 0 Å². The number of esters is 1. The van der Waals surface area contributed by atoms with E-state index in [-0.39, 0.29) is 12.5 Å². The Morgan fingerprint density at radius 3 is 2.58 bits per heavy atom. The van der Waals surface area contributed by atoms with Crippen molar-refractivity contribution in [2.24, 2.45) is 0 Å². The fourth-order valence-electron chi connectivity index (χ4n) is 1.65. The highest BCUT2D eigenvalue weighted by atomic mass is 79.9. The Morgan fingerprint density at radius 1 is 1.37 bits per heavy atom. The zero-order chi connectivity index (χ0) is 14.4. The molecule has 1 amide bonds. The van der Waals surface area contributed by atoms with E-state index in [1.165, 1.54) is 12.0 Å². The van der Waals surface area contributed by atoms with Crippen molar-refractivity contribution >= 4 is 27.8 Å². The van der Waals surface area contributed by atoms with Gasteiger partial charge in [-0.2, -0.15) is 0 Å². The quantitative estimate of drug-likeness (QED) is 0.781. The number of hydrogen-bond acceptors (Lipinski definition) is 3. The molecule has 1 aromatic carbocycles. The van der Waals surface area contributed by atoms with Crippen LogP contribution in [0, 0.1) is 6.92 Å². The summed E-state index contributed by atoms with van der Waals surface area (Å²) in [5.41, 5.74) is 1.63. The molecule has 0 aliphatic carbocycles. The number of rotatable bonds is 5. The first-order valence-corrected chi connectivity index (χ1v) is 6.91. The molecule has 0 saturated carbocycles. The number of aryl methyl sites for hydroxylation is 1. The van der Waals surface area contributed by atoms with Gasteiger partial charge in [0.1, 0.15) is 6.54 Å². The minimum atomic E-state index is -0.409. The lowest BCUT2D eigenvalue weighted by Crippen LogP contribution is -2.36. The maximum Gasteiger partial charge on any atom is 0.325 e. The number of benzene rings is 1. The molecule has 0 bridgehead atoms. The van der Waals surface area contributed by atoms with Crippen molar-refractivity contribution in [2.45, 2.75) is 20.3 Å². The molecule has 0 saturated heterocycles. The zero-order valence-corrected chi connectivity index (χ0v) is 13.0. The number of carbonyl (C=O) groups is 2. The van der Waals surface area contributed by atoms with E-state index in [1.54, 1.807) is 12.1 Å². The number of amides is 1. The lowest BCUT2D eigenvalue weighted by molar-refractivity contribution is -0.141. The highest BCUT2D eigenvalue weighted by Gasteiger charge is 2.18. The first-order chi connectivity index (χ1) is 8.99. The Kier molecular flexibility index (Phi) is 6.02. The lowest BCUT2D eigenvalue weighted by Gasteiger charge is -2.21. The van der Waals surface area contributed by atoms with E-state index in [9.17, 15) is 9.59 Å². The molecule has 104 valence electrons. The second kappa shape index (κ2) is 7.28. The molecular formula is C14H18BrNO3. The topological polar surface area (TPSA) is 46.6 Å². The summed E-state index contributed by atoms with van der Waals surface area (Å²) in [7, 11) is 1.32. The average Bonchev–Trinajstić information content (AvgIpc) is 2.40. The van der Waals surface area contributed by atoms with Crippen molar-refractivity contribution in [1.29, 1.82) is 0 Å². The summed E-state index contributed by atoms with van der Waals surface area (Å²) in [5, 5.41) is 0. The van der Waals surface area contributed by atoms with Crippen LogP contribution in [0.2, 0.25) is 0 Å². The molecule has 4 nitrogen and oxygen atoms in total. The molecule has 0 spiro atoms. The van der Waals surface area contributed by atoms with E-state index < -0.39 is 5.97 Å². The SMILES string of the molecule is CCCN(CC(=O)OC)C(=O)c1ccc(C)c(Br)c1. The van der Waals surface area contributed by atoms with Crippen LogP contribution in [0.5, 0.6) is 0 Å². The molecule has 0 aliphatic heterocycles. The van der Waals surface area contributed by atoms with Gasteiger partial charge in [-0.25, -0.2) is 0 Å². The molecule has 1 rings (SSSR count). The van der Waals surface area contributed by atoms with Crippen LogP contribution >= 0.6 is 15.9 Å². The highest BCUT2D eigenvalue weighted by Crippen LogP contribution is 2.18. The molecular weight excluding hydrogens is 310 g/mol. The first kappa shape index (κ1) is 15.7. The van der Waals surface area contributed by atoms with Crippen LogP contribution in [0.15, 0.2) is 22.7 Å². The highest BCUT2D eigenvalue weighted by molar-refractivity contribution is 9.10. The van der Waals surface area contributed by atoms with Crippen molar-refractivity contribution in [2.75, 3.05) is 20.2 Å². The molecule has 0 aliphatic rings. The van der Waals surface area contributed by atoms with E-state index >= 15 is 0 Å². The van der Waals surface area contributed by atoms with Crippen LogP contribution in [0.4, 0.5) is 0 Å². The molecule has 5 heteroatoms. The summed E-state index contributed by atoms with van der Waals surface area (Å²) >= 11 is 3.40. The summed E-state index contributed by atoms with van der Waals surface area (Å²) in [4.78, 5) is 25.2. The lowest BCUT2D eigenvalue weighted by atomic mass is 10.1. The van der Waals surface area contributed by atoms with Gasteiger partial charge >= 0.3 is 5.97 Å². The van der Waals surface area contributed by atoms with Gasteiger partial charge in [0.05, 0.1) is 7.11 Å². The summed E-state index contributed by atoms with van der Waals surface area (Å²) < 4.78 is 5.50. The van der Waals surface area contributed by atoms with Gasteiger partial charge in [0, 0.05) is 16.6 Å². The number of hydrogen-bond donors (Lipinski definition) is 0. The van der Waals surface area contributed by atoms with Gasteiger partial charge in [0.2, 0.25) is 0 Å². The second-order valence-corrected chi connectivity index (χ2v) is 5.12. The Labute approximate surface area is 121 Å². The molecule has 0 heterocycles. The van der Waals surface area contributed by atoms with Crippen molar-refractivity contribution in [3.8, 4) is 0 Å². The van der Waals surface area contributed by atoms with Crippen LogP contribution in [0.1, 0.15) is 29.3 Å². The van der Waals surface area contributed by atoms with Crippen molar-refractivity contribution < 1.29 is 14.3 Å². The summed E-state index contributed by atoms with van der Waals surface area (Å²) in [5.74, 6) is -0.569. The molecule has 0 aromatic heterocycles. The number of carbonyl (C=O) groups excluding carboxylic acids is 2. The Hall–Kier alpha value is -1.36. The maximum atomic E-state index is 12.3. The normalized spacial score (nSPS) is 10.1. The van der Waals surface area contributed by atoms with Gasteiger partial charge in [-0.1, -0.05) is 28.9 Å².